The van der Waals surface area contributed by atoms with E-state index in [0.29, 0.717) is 6.54 Å². The van der Waals surface area contributed by atoms with Gasteiger partial charge in [-0.15, -0.1) is 0 Å². The molecule has 1 heterocycles. The molecule has 0 amide bonds. The average molecular weight is 258 g/mol. The molecular weight excluding hydrogens is 244 g/mol. The zero-order valence-electron chi connectivity index (χ0n) is 10.4. The number of carbonyl (C=O) groups is 1. The van der Waals surface area contributed by atoms with E-state index in [2.05, 4.69) is 4.98 Å². The largest absolute Gasteiger partial charge is 0.481 e. The summed E-state index contributed by atoms with van der Waals surface area (Å²) in [4.78, 5) is 27.0. The Hall–Kier alpha value is -2.17. The van der Waals surface area contributed by atoms with Crippen molar-refractivity contribution in [2.24, 2.45) is 5.41 Å². The first-order chi connectivity index (χ1) is 9.10. The molecule has 0 spiro atoms. The third kappa shape index (κ3) is 2.23. The van der Waals surface area contributed by atoms with E-state index in [1.165, 1.54) is 6.20 Å². The van der Waals surface area contributed by atoms with E-state index in [0.717, 1.165) is 23.9 Å². The Morgan fingerprint density at radius 2 is 2.11 bits per heavy atom. The maximum absolute atomic E-state index is 12.0. The molecule has 1 N–H and O–H groups in total. The highest BCUT2D eigenvalue weighted by molar-refractivity contribution is 5.74. The Bertz CT molecular complexity index is 701. The van der Waals surface area contributed by atoms with E-state index < -0.39 is 5.97 Å². The van der Waals surface area contributed by atoms with Crippen molar-refractivity contribution in [1.29, 1.82) is 0 Å². The monoisotopic (exact) mass is 258 g/mol. The van der Waals surface area contributed by atoms with Gasteiger partial charge in [-0.2, -0.15) is 0 Å². The predicted molar refractivity (Wildman–Crippen MR) is 69.9 cm³/mol. The summed E-state index contributed by atoms with van der Waals surface area (Å²) < 4.78 is 1.65. The van der Waals surface area contributed by atoms with Crippen LogP contribution in [-0.2, 0) is 11.3 Å². The Morgan fingerprint density at radius 3 is 2.79 bits per heavy atom. The molecule has 1 fully saturated rings. The van der Waals surface area contributed by atoms with Gasteiger partial charge in [0.05, 0.1) is 23.7 Å². The number of benzene rings is 1. The van der Waals surface area contributed by atoms with Crippen molar-refractivity contribution in [3.63, 3.8) is 0 Å². The summed E-state index contributed by atoms with van der Waals surface area (Å²) in [5.74, 6) is -0.802. The van der Waals surface area contributed by atoms with Crippen molar-refractivity contribution in [3.8, 4) is 0 Å². The summed E-state index contributed by atoms with van der Waals surface area (Å²) in [5, 5.41) is 8.95. The lowest BCUT2D eigenvalue weighted by Gasteiger charge is -2.16. The van der Waals surface area contributed by atoms with Crippen molar-refractivity contribution in [1.82, 2.24) is 9.55 Å². The third-order valence-corrected chi connectivity index (χ3v) is 3.73. The van der Waals surface area contributed by atoms with Crippen LogP contribution in [0.2, 0.25) is 0 Å². The second-order valence-electron chi connectivity index (χ2n) is 5.24. The third-order valence-electron chi connectivity index (χ3n) is 3.73. The standard InChI is InChI=1S/C14H14N2O3/c17-12-8-15-10-3-1-2-4-11(10)16(12)9-14(5-6-14)7-13(18)19/h1-4,8H,5-7,9H2,(H,18,19). The molecule has 1 aliphatic rings. The lowest BCUT2D eigenvalue weighted by molar-refractivity contribution is -0.138. The fourth-order valence-electron chi connectivity index (χ4n) is 2.50. The van der Waals surface area contributed by atoms with E-state index in [1.807, 2.05) is 24.3 Å². The number of carboxylic acids is 1. The number of hydrogen-bond donors (Lipinski definition) is 1. The van der Waals surface area contributed by atoms with Crippen LogP contribution in [0.15, 0.2) is 35.3 Å². The highest BCUT2D eigenvalue weighted by atomic mass is 16.4. The normalized spacial score (nSPS) is 16.4. The van der Waals surface area contributed by atoms with E-state index in [4.69, 9.17) is 5.11 Å². The number of nitrogens with zero attached hydrogens (tertiary/aromatic N) is 2. The molecule has 1 aliphatic carbocycles. The lowest BCUT2D eigenvalue weighted by Crippen LogP contribution is -2.26. The van der Waals surface area contributed by atoms with Crippen LogP contribution in [0.5, 0.6) is 0 Å². The molecule has 2 aromatic rings. The fourth-order valence-corrected chi connectivity index (χ4v) is 2.50. The Balaban J connectivity index is 2.03. The second kappa shape index (κ2) is 4.19. The van der Waals surface area contributed by atoms with Crippen molar-refractivity contribution >= 4 is 17.0 Å². The fraction of sp³-hybridized carbons (Fsp3) is 0.357. The first kappa shape index (κ1) is 11.9. The number of carboxylic acid groups (broad SMARTS) is 1. The van der Waals surface area contributed by atoms with Gasteiger partial charge in [-0.05, 0) is 30.4 Å². The SMILES string of the molecule is O=C(O)CC1(Cn2c(=O)cnc3ccccc32)CC1. The molecule has 3 rings (SSSR count). The molecular formula is C14H14N2O3. The van der Waals surface area contributed by atoms with Gasteiger partial charge >= 0.3 is 5.97 Å². The molecule has 98 valence electrons. The van der Waals surface area contributed by atoms with Gasteiger partial charge in [0.1, 0.15) is 0 Å². The molecule has 1 saturated carbocycles. The summed E-state index contributed by atoms with van der Waals surface area (Å²) in [6, 6.07) is 7.42. The Labute approximate surface area is 109 Å². The molecule has 1 aromatic heterocycles. The number of aliphatic carboxylic acids is 1. The highest BCUT2D eigenvalue weighted by Crippen LogP contribution is 2.50. The van der Waals surface area contributed by atoms with Gasteiger partial charge in [0.25, 0.3) is 5.56 Å². The van der Waals surface area contributed by atoms with Gasteiger partial charge in [0, 0.05) is 6.54 Å². The Kier molecular flexibility index (Phi) is 2.62. The summed E-state index contributed by atoms with van der Waals surface area (Å²) in [6.45, 7) is 0.459. The molecule has 0 radical (unpaired) electrons. The van der Waals surface area contributed by atoms with E-state index >= 15 is 0 Å². The lowest BCUT2D eigenvalue weighted by atomic mass is 10.0. The number of para-hydroxylation sites is 2. The molecule has 0 atom stereocenters. The maximum Gasteiger partial charge on any atom is 0.303 e. The van der Waals surface area contributed by atoms with Crippen LogP contribution in [0, 0.1) is 5.41 Å². The molecule has 0 aliphatic heterocycles. The van der Waals surface area contributed by atoms with Crippen LogP contribution in [0.3, 0.4) is 0 Å². The van der Waals surface area contributed by atoms with Gasteiger partial charge in [-0.3, -0.25) is 9.59 Å². The number of hydrogen-bond acceptors (Lipinski definition) is 3. The highest BCUT2D eigenvalue weighted by Gasteiger charge is 2.45. The second-order valence-corrected chi connectivity index (χ2v) is 5.24. The minimum absolute atomic E-state index is 0.121. The number of aromatic nitrogens is 2. The zero-order valence-corrected chi connectivity index (χ0v) is 10.4. The molecule has 0 saturated heterocycles. The summed E-state index contributed by atoms with van der Waals surface area (Å²) in [7, 11) is 0. The van der Waals surface area contributed by atoms with Gasteiger partial charge in [-0.25, -0.2) is 4.98 Å². The van der Waals surface area contributed by atoms with Crippen LogP contribution >= 0.6 is 0 Å². The van der Waals surface area contributed by atoms with Crippen LogP contribution in [0.4, 0.5) is 0 Å². The van der Waals surface area contributed by atoms with Gasteiger partial charge < -0.3 is 9.67 Å². The molecule has 0 bridgehead atoms. The molecule has 5 heteroatoms. The minimum atomic E-state index is -0.802. The first-order valence-corrected chi connectivity index (χ1v) is 6.26. The van der Waals surface area contributed by atoms with Gasteiger partial charge in [-0.1, -0.05) is 12.1 Å². The van der Waals surface area contributed by atoms with Gasteiger partial charge in [0.15, 0.2) is 0 Å². The van der Waals surface area contributed by atoms with Crippen molar-refractivity contribution in [2.75, 3.05) is 0 Å². The van der Waals surface area contributed by atoms with Crippen molar-refractivity contribution in [2.45, 2.75) is 25.8 Å². The van der Waals surface area contributed by atoms with Crippen LogP contribution in [0.25, 0.3) is 11.0 Å². The van der Waals surface area contributed by atoms with Crippen molar-refractivity contribution < 1.29 is 9.90 Å². The smallest absolute Gasteiger partial charge is 0.303 e. The number of fused-ring (bicyclic) bond motifs is 1. The molecule has 0 unspecified atom stereocenters. The average Bonchev–Trinajstić information content (AvgIpc) is 3.12. The first-order valence-electron chi connectivity index (χ1n) is 6.26. The minimum Gasteiger partial charge on any atom is -0.481 e. The topological polar surface area (TPSA) is 72.2 Å². The van der Waals surface area contributed by atoms with E-state index in [9.17, 15) is 9.59 Å². The zero-order chi connectivity index (χ0) is 13.5. The number of rotatable bonds is 4. The van der Waals surface area contributed by atoms with E-state index in [1.54, 1.807) is 4.57 Å². The molecule has 1 aromatic carbocycles. The molecule has 5 nitrogen and oxygen atoms in total. The summed E-state index contributed by atoms with van der Waals surface area (Å²) in [5.41, 5.74) is 1.11. The quantitative estimate of drug-likeness (QED) is 0.905. The predicted octanol–water partition coefficient (Wildman–Crippen LogP) is 1.65. The van der Waals surface area contributed by atoms with Crippen LogP contribution in [-0.4, -0.2) is 20.6 Å². The summed E-state index contributed by atoms with van der Waals surface area (Å²) in [6.07, 6.45) is 3.15. The van der Waals surface area contributed by atoms with E-state index in [-0.39, 0.29) is 17.4 Å². The molecule has 19 heavy (non-hydrogen) atoms. The van der Waals surface area contributed by atoms with Crippen molar-refractivity contribution in [3.05, 3.63) is 40.8 Å². The Morgan fingerprint density at radius 1 is 1.37 bits per heavy atom. The van der Waals surface area contributed by atoms with Crippen LogP contribution < -0.4 is 5.56 Å². The summed E-state index contributed by atoms with van der Waals surface area (Å²) >= 11 is 0. The van der Waals surface area contributed by atoms with Gasteiger partial charge in [0.2, 0.25) is 0 Å². The van der Waals surface area contributed by atoms with Crippen LogP contribution in [0.1, 0.15) is 19.3 Å². The maximum atomic E-state index is 12.0.